The highest BCUT2D eigenvalue weighted by molar-refractivity contribution is 6.46. The van der Waals surface area contributed by atoms with Crippen molar-refractivity contribution in [3.63, 3.8) is 0 Å². The number of aryl methyl sites for hydroxylation is 1. The van der Waals surface area contributed by atoms with E-state index in [1.165, 1.54) is 4.90 Å². The molecule has 150 valence electrons. The number of benzene rings is 2. The molecule has 2 aromatic rings. The van der Waals surface area contributed by atoms with Crippen molar-refractivity contribution < 1.29 is 19.4 Å². The molecule has 0 spiro atoms. The standard InChI is InChI=1S/C23H22ClNO4/c1-14-4-6-16(7-5-14)21(26)19-20(15-8-10-17(24)11-9-15)25(23(28)22(19)27)13-18-3-2-12-29-18/h4-11,18,20,26H,2-3,12-13H2,1H3/b21-19-/t18-,20+/m1/s1. The highest BCUT2D eigenvalue weighted by Crippen LogP contribution is 2.40. The van der Waals surface area contributed by atoms with Gasteiger partial charge in [0.2, 0.25) is 0 Å². The number of ether oxygens (including phenoxy) is 1. The molecule has 2 atom stereocenters. The van der Waals surface area contributed by atoms with Crippen LogP contribution >= 0.6 is 11.6 Å². The molecule has 2 fully saturated rings. The van der Waals surface area contributed by atoms with Gasteiger partial charge in [-0.3, -0.25) is 9.59 Å². The zero-order chi connectivity index (χ0) is 20.5. The van der Waals surface area contributed by atoms with Gasteiger partial charge in [0.25, 0.3) is 11.7 Å². The summed E-state index contributed by atoms with van der Waals surface area (Å²) in [6.45, 7) is 2.91. The largest absolute Gasteiger partial charge is 0.507 e. The van der Waals surface area contributed by atoms with Crippen LogP contribution < -0.4 is 0 Å². The summed E-state index contributed by atoms with van der Waals surface area (Å²) in [5.41, 5.74) is 2.36. The molecule has 6 heteroatoms. The number of hydrogen-bond acceptors (Lipinski definition) is 4. The minimum absolute atomic E-state index is 0.0965. The average Bonchev–Trinajstić information content (AvgIpc) is 3.31. The van der Waals surface area contributed by atoms with E-state index in [1.807, 2.05) is 19.1 Å². The van der Waals surface area contributed by atoms with Crippen LogP contribution in [0.3, 0.4) is 0 Å². The number of ketones is 1. The van der Waals surface area contributed by atoms with E-state index in [2.05, 4.69) is 0 Å². The van der Waals surface area contributed by atoms with Gasteiger partial charge >= 0.3 is 0 Å². The van der Waals surface area contributed by atoms with Crippen molar-refractivity contribution in [1.82, 2.24) is 4.90 Å². The van der Waals surface area contributed by atoms with Crippen LogP contribution in [0.5, 0.6) is 0 Å². The van der Waals surface area contributed by atoms with Crippen molar-refractivity contribution in [1.29, 1.82) is 0 Å². The summed E-state index contributed by atoms with van der Waals surface area (Å²) in [6.07, 6.45) is 1.67. The van der Waals surface area contributed by atoms with Crippen LogP contribution in [0.1, 0.15) is 35.6 Å². The maximum Gasteiger partial charge on any atom is 0.295 e. The van der Waals surface area contributed by atoms with Gasteiger partial charge < -0.3 is 14.7 Å². The minimum atomic E-state index is -0.683. The predicted octanol–water partition coefficient (Wildman–Crippen LogP) is 4.25. The Morgan fingerprint density at radius 2 is 1.83 bits per heavy atom. The van der Waals surface area contributed by atoms with E-state index in [0.717, 1.165) is 24.0 Å². The first-order valence-electron chi connectivity index (χ1n) is 9.68. The lowest BCUT2D eigenvalue weighted by Gasteiger charge is -2.27. The molecule has 4 rings (SSSR count). The highest BCUT2D eigenvalue weighted by Gasteiger charge is 2.47. The molecule has 0 unspecified atom stereocenters. The van der Waals surface area contributed by atoms with E-state index in [9.17, 15) is 14.7 Å². The topological polar surface area (TPSA) is 66.8 Å². The van der Waals surface area contributed by atoms with Crippen LogP contribution in [-0.2, 0) is 14.3 Å². The number of rotatable bonds is 4. The van der Waals surface area contributed by atoms with Crippen LogP contribution in [0.2, 0.25) is 5.02 Å². The van der Waals surface area contributed by atoms with E-state index in [0.29, 0.717) is 23.7 Å². The van der Waals surface area contributed by atoms with Crippen LogP contribution in [0.15, 0.2) is 54.1 Å². The SMILES string of the molecule is Cc1ccc(/C(O)=C2/C(=O)C(=O)N(C[C@H]3CCCO3)[C@H]2c2ccc(Cl)cc2)cc1. The van der Waals surface area contributed by atoms with Gasteiger partial charge in [-0.25, -0.2) is 0 Å². The number of carbonyl (C=O) groups excluding carboxylic acids is 2. The van der Waals surface area contributed by atoms with Crippen LogP contribution in [0.25, 0.3) is 5.76 Å². The molecule has 0 aromatic heterocycles. The van der Waals surface area contributed by atoms with Crippen molar-refractivity contribution in [2.75, 3.05) is 13.2 Å². The Morgan fingerprint density at radius 1 is 1.14 bits per heavy atom. The van der Waals surface area contributed by atoms with Gasteiger partial charge in [-0.1, -0.05) is 53.6 Å². The number of carbonyl (C=O) groups is 2. The van der Waals surface area contributed by atoms with Gasteiger partial charge in [-0.15, -0.1) is 0 Å². The maximum absolute atomic E-state index is 12.9. The van der Waals surface area contributed by atoms with Gasteiger partial charge in [0, 0.05) is 23.7 Å². The van der Waals surface area contributed by atoms with E-state index in [1.54, 1.807) is 36.4 Å². The Bertz CT molecular complexity index is 959. The van der Waals surface area contributed by atoms with Crippen molar-refractivity contribution >= 4 is 29.1 Å². The summed E-state index contributed by atoms with van der Waals surface area (Å²) in [5, 5.41) is 11.5. The lowest BCUT2D eigenvalue weighted by atomic mass is 9.95. The van der Waals surface area contributed by atoms with Gasteiger partial charge in [0.05, 0.1) is 17.7 Å². The Balaban J connectivity index is 1.81. The fourth-order valence-electron chi connectivity index (χ4n) is 3.93. The predicted molar refractivity (Wildman–Crippen MR) is 111 cm³/mol. The maximum atomic E-state index is 12.9. The molecule has 29 heavy (non-hydrogen) atoms. The Labute approximate surface area is 174 Å². The zero-order valence-corrected chi connectivity index (χ0v) is 16.9. The van der Waals surface area contributed by atoms with E-state index >= 15 is 0 Å². The van der Waals surface area contributed by atoms with Gasteiger partial charge in [-0.2, -0.15) is 0 Å². The summed E-state index contributed by atoms with van der Waals surface area (Å²) < 4.78 is 5.69. The lowest BCUT2D eigenvalue weighted by molar-refractivity contribution is -0.140. The monoisotopic (exact) mass is 411 g/mol. The fourth-order valence-corrected chi connectivity index (χ4v) is 4.06. The smallest absolute Gasteiger partial charge is 0.295 e. The number of aliphatic hydroxyl groups excluding tert-OH is 1. The molecule has 2 heterocycles. The first kappa shape index (κ1) is 19.7. The summed E-state index contributed by atoms with van der Waals surface area (Å²) in [7, 11) is 0. The molecule has 2 aliphatic heterocycles. The zero-order valence-electron chi connectivity index (χ0n) is 16.1. The molecule has 0 saturated carbocycles. The third-order valence-electron chi connectivity index (χ3n) is 5.48. The van der Waals surface area contributed by atoms with Crippen LogP contribution in [0.4, 0.5) is 0 Å². The number of Topliss-reactive ketones (excluding diaryl/α,β-unsaturated/α-hetero) is 1. The molecule has 1 amide bonds. The van der Waals surface area contributed by atoms with Crippen molar-refractivity contribution in [2.24, 2.45) is 0 Å². The molecule has 0 bridgehead atoms. The summed E-state index contributed by atoms with van der Waals surface area (Å²) >= 11 is 6.03. The number of amides is 1. The first-order valence-corrected chi connectivity index (χ1v) is 10.1. The van der Waals surface area contributed by atoms with Crippen molar-refractivity contribution in [3.8, 4) is 0 Å². The molecule has 5 nitrogen and oxygen atoms in total. The quantitative estimate of drug-likeness (QED) is 0.464. The third-order valence-corrected chi connectivity index (χ3v) is 5.73. The Kier molecular flexibility index (Phi) is 5.43. The number of aliphatic hydroxyl groups is 1. The van der Waals surface area contributed by atoms with Crippen LogP contribution in [-0.4, -0.2) is 41.0 Å². The third kappa shape index (κ3) is 3.80. The molecule has 2 saturated heterocycles. The number of nitrogens with zero attached hydrogens (tertiary/aromatic N) is 1. The Morgan fingerprint density at radius 3 is 2.45 bits per heavy atom. The fraction of sp³-hybridized carbons (Fsp3) is 0.304. The van der Waals surface area contributed by atoms with Gasteiger partial charge in [0.15, 0.2) is 0 Å². The normalized spacial score (nSPS) is 23.7. The van der Waals surface area contributed by atoms with E-state index in [4.69, 9.17) is 16.3 Å². The van der Waals surface area contributed by atoms with Gasteiger partial charge in [0.1, 0.15) is 5.76 Å². The average molecular weight is 412 g/mol. The molecule has 0 radical (unpaired) electrons. The molecule has 2 aromatic carbocycles. The van der Waals surface area contributed by atoms with Crippen molar-refractivity contribution in [3.05, 3.63) is 75.8 Å². The van der Waals surface area contributed by atoms with E-state index < -0.39 is 17.7 Å². The second-order valence-electron chi connectivity index (χ2n) is 7.50. The van der Waals surface area contributed by atoms with Gasteiger partial charge in [-0.05, 0) is 37.5 Å². The van der Waals surface area contributed by atoms with E-state index in [-0.39, 0.29) is 17.4 Å². The molecular formula is C23H22ClNO4. The van der Waals surface area contributed by atoms with Crippen molar-refractivity contribution in [2.45, 2.75) is 31.9 Å². The summed E-state index contributed by atoms with van der Waals surface area (Å²) in [6, 6.07) is 13.5. The number of halogens is 1. The number of hydrogen-bond donors (Lipinski definition) is 1. The second-order valence-corrected chi connectivity index (χ2v) is 7.94. The molecule has 2 aliphatic rings. The lowest BCUT2D eigenvalue weighted by Crippen LogP contribution is -2.36. The minimum Gasteiger partial charge on any atom is -0.507 e. The summed E-state index contributed by atoms with van der Waals surface area (Å²) in [5.74, 6) is -1.46. The van der Waals surface area contributed by atoms with Crippen LogP contribution in [0, 0.1) is 6.92 Å². The summed E-state index contributed by atoms with van der Waals surface area (Å²) in [4.78, 5) is 27.4. The Hall–Kier alpha value is -2.63. The number of likely N-dealkylation sites (tertiary alicyclic amines) is 1. The molecule has 0 aliphatic carbocycles. The first-order chi connectivity index (χ1) is 14.0. The highest BCUT2D eigenvalue weighted by atomic mass is 35.5. The second kappa shape index (κ2) is 8.01. The molecule has 1 N–H and O–H groups in total. The molecular weight excluding hydrogens is 390 g/mol.